The summed E-state index contributed by atoms with van der Waals surface area (Å²) in [6, 6.07) is 7.84. The molecule has 2 N–H and O–H groups in total. The van der Waals surface area contributed by atoms with Gasteiger partial charge in [-0.15, -0.1) is 0 Å². The van der Waals surface area contributed by atoms with E-state index in [0.29, 0.717) is 13.2 Å². The summed E-state index contributed by atoms with van der Waals surface area (Å²) in [5.41, 5.74) is 9.55. The van der Waals surface area contributed by atoms with Crippen LogP contribution in [-0.4, -0.2) is 16.2 Å². The van der Waals surface area contributed by atoms with Crippen LogP contribution in [0.5, 0.6) is 5.75 Å². The van der Waals surface area contributed by atoms with Crippen molar-refractivity contribution in [3.63, 3.8) is 0 Å². The molecule has 0 saturated carbocycles. The molecule has 1 aromatic carbocycles. The van der Waals surface area contributed by atoms with Crippen LogP contribution in [0.25, 0.3) is 0 Å². The fourth-order valence-corrected chi connectivity index (χ4v) is 2.11. The van der Waals surface area contributed by atoms with Crippen LogP contribution in [0.2, 0.25) is 0 Å². The fourth-order valence-electron chi connectivity index (χ4n) is 2.11. The van der Waals surface area contributed by atoms with Crippen molar-refractivity contribution in [1.29, 1.82) is 0 Å². The van der Waals surface area contributed by atoms with Crippen LogP contribution in [-0.2, 0) is 6.54 Å². The fraction of sp³-hybridized carbons (Fsp3) is 0.400. The van der Waals surface area contributed by atoms with Gasteiger partial charge in [0.2, 0.25) is 0 Å². The lowest BCUT2D eigenvalue weighted by atomic mass is 10.1. The number of para-hydroxylation sites is 1. The molecule has 1 atom stereocenters. The second kappa shape index (κ2) is 5.89. The molecular formula is C15H21N3O. The highest BCUT2D eigenvalue weighted by Gasteiger charge is 2.13. The third-order valence-electron chi connectivity index (χ3n) is 3.36. The van der Waals surface area contributed by atoms with E-state index in [2.05, 4.69) is 16.5 Å². The highest BCUT2D eigenvalue weighted by Crippen LogP contribution is 2.25. The largest absolute Gasteiger partial charge is 0.494 e. The molecule has 0 aliphatic carbocycles. The number of aryl methyl sites for hydroxylation is 1. The van der Waals surface area contributed by atoms with Gasteiger partial charge in [-0.2, -0.15) is 0 Å². The van der Waals surface area contributed by atoms with E-state index in [1.807, 2.05) is 44.4 Å². The Kier molecular flexibility index (Phi) is 4.22. The van der Waals surface area contributed by atoms with Gasteiger partial charge in [0.25, 0.3) is 0 Å². The Morgan fingerprint density at radius 1 is 1.32 bits per heavy atom. The van der Waals surface area contributed by atoms with E-state index in [-0.39, 0.29) is 6.04 Å². The summed E-state index contributed by atoms with van der Waals surface area (Å²) in [4.78, 5) is 4.30. The Hall–Kier alpha value is -1.81. The van der Waals surface area contributed by atoms with E-state index in [0.717, 1.165) is 22.7 Å². The molecule has 0 fully saturated rings. The Bertz CT molecular complexity index is 548. The maximum Gasteiger partial charge on any atom is 0.124 e. The molecule has 0 amide bonds. The van der Waals surface area contributed by atoms with Crippen molar-refractivity contribution in [2.75, 3.05) is 6.61 Å². The van der Waals surface area contributed by atoms with Gasteiger partial charge in [-0.25, -0.2) is 4.98 Å². The van der Waals surface area contributed by atoms with Crippen molar-refractivity contribution in [2.24, 2.45) is 5.73 Å². The minimum absolute atomic E-state index is 0.102. The van der Waals surface area contributed by atoms with Crippen molar-refractivity contribution in [3.05, 3.63) is 47.5 Å². The third kappa shape index (κ3) is 2.96. The molecule has 0 bridgehead atoms. The molecule has 1 aromatic heterocycles. The van der Waals surface area contributed by atoms with E-state index < -0.39 is 0 Å². The van der Waals surface area contributed by atoms with E-state index in [4.69, 9.17) is 10.5 Å². The summed E-state index contributed by atoms with van der Waals surface area (Å²) in [5, 5.41) is 0. The summed E-state index contributed by atoms with van der Waals surface area (Å²) in [5.74, 6) is 0.868. The molecule has 4 nitrogen and oxygen atoms in total. The smallest absolute Gasteiger partial charge is 0.124 e. The molecule has 4 heteroatoms. The second-order valence-corrected chi connectivity index (χ2v) is 4.65. The lowest BCUT2D eigenvalue weighted by Gasteiger charge is -2.17. The number of hydrogen-bond acceptors (Lipinski definition) is 3. The van der Waals surface area contributed by atoms with Crippen molar-refractivity contribution in [2.45, 2.75) is 33.4 Å². The van der Waals surface area contributed by atoms with Crippen LogP contribution >= 0.6 is 0 Å². The van der Waals surface area contributed by atoms with Crippen LogP contribution in [0.3, 0.4) is 0 Å². The number of ether oxygens (including phenoxy) is 1. The van der Waals surface area contributed by atoms with E-state index in [9.17, 15) is 0 Å². The SMILES string of the molecule is CCOc1ccccc1C(N)Cn1cnc(C)c1C. The molecule has 2 rings (SSSR count). The standard InChI is InChI=1S/C15H21N3O/c1-4-19-15-8-6-5-7-13(15)14(16)9-18-10-17-11(2)12(18)3/h5-8,10,14H,4,9,16H2,1-3H3. The zero-order valence-electron chi connectivity index (χ0n) is 11.8. The molecule has 19 heavy (non-hydrogen) atoms. The van der Waals surface area contributed by atoms with E-state index in [1.54, 1.807) is 0 Å². The number of imidazole rings is 1. The minimum Gasteiger partial charge on any atom is -0.494 e. The third-order valence-corrected chi connectivity index (χ3v) is 3.36. The van der Waals surface area contributed by atoms with Gasteiger partial charge in [-0.3, -0.25) is 0 Å². The lowest BCUT2D eigenvalue weighted by molar-refractivity contribution is 0.332. The highest BCUT2D eigenvalue weighted by molar-refractivity contribution is 5.35. The average molecular weight is 259 g/mol. The molecule has 0 saturated heterocycles. The van der Waals surface area contributed by atoms with Gasteiger partial charge in [0.05, 0.1) is 24.7 Å². The van der Waals surface area contributed by atoms with Gasteiger partial charge >= 0.3 is 0 Å². The van der Waals surface area contributed by atoms with E-state index >= 15 is 0 Å². The Labute approximate surface area is 114 Å². The molecule has 1 unspecified atom stereocenters. The molecule has 0 spiro atoms. The van der Waals surface area contributed by atoms with Crippen LogP contribution in [0.15, 0.2) is 30.6 Å². The van der Waals surface area contributed by atoms with Crippen LogP contribution < -0.4 is 10.5 Å². The number of benzene rings is 1. The van der Waals surface area contributed by atoms with Gasteiger partial charge in [-0.05, 0) is 26.8 Å². The van der Waals surface area contributed by atoms with Crippen molar-refractivity contribution < 1.29 is 4.74 Å². The topological polar surface area (TPSA) is 53.1 Å². The van der Waals surface area contributed by atoms with Gasteiger partial charge in [-0.1, -0.05) is 18.2 Å². The molecule has 2 aromatic rings. The molecular weight excluding hydrogens is 238 g/mol. The monoisotopic (exact) mass is 259 g/mol. The Morgan fingerprint density at radius 3 is 2.68 bits per heavy atom. The number of nitrogens with zero attached hydrogens (tertiary/aromatic N) is 2. The first kappa shape index (κ1) is 13.6. The lowest BCUT2D eigenvalue weighted by Crippen LogP contribution is -2.19. The van der Waals surface area contributed by atoms with Gasteiger partial charge in [0.1, 0.15) is 5.75 Å². The normalized spacial score (nSPS) is 12.4. The number of rotatable bonds is 5. The molecule has 102 valence electrons. The zero-order valence-corrected chi connectivity index (χ0v) is 11.8. The van der Waals surface area contributed by atoms with Crippen molar-refractivity contribution in [3.8, 4) is 5.75 Å². The number of nitrogens with two attached hydrogens (primary N) is 1. The molecule has 0 radical (unpaired) electrons. The Morgan fingerprint density at radius 2 is 2.05 bits per heavy atom. The second-order valence-electron chi connectivity index (χ2n) is 4.65. The van der Waals surface area contributed by atoms with Gasteiger partial charge < -0.3 is 15.0 Å². The van der Waals surface area contributed by atoms with Gasteiger partial charge in [0, 0.05) is 17.8 Å². The molecule has 1 heterocycles. The summed E-state index contributed by atoms with van der Waals surface area (Å²) in [7, 11) is 0. The summed E-state index contributed by atoms with van der Waals surface area (Å²) < 4.78 is 7.71. The summed E-state index contributed by atoms with van der Waals surface area (Å²) in [6.45, 7) is 7.39. The first-order chi connectivity index (χ1) is 9.13. The maximum atomic E-state index is 6.31. The highest BCUT2D eigenvalue weighted by atomic mass is 16.5. The van der Waals surface area contributed by atoms with Crippen LogP contribution in [0.4, 0.5) is 0 Å². The predicted molar refractivity (Wildman–Crippen MR) is 76.2 cm³/mol. The quantitative estimate of drug-likeness (QED) is 0.898. The zero-order chi connectivity index (χ0) is 13.8. The first-order valence-corrected chi connectivity index (χ1v) is 6.59. The maximum absolute atomic E-state index is 6.31. The van der Waals surface area contributed by atoms with Gasteiger partial charge in [0.15, 0.2) is 0 Å². The van der Waals surface area contributed by atoms with Crippen molar-refractivity contribution in [1.82, 2.24) is 9.55 Å². The predicted octanol–water partition coefficient (Wildman–Crippen LogP) is 2.60. The molecule has 0 aliphatic rings. The molecule has 0 aliphatic heterocycles. The summed E-state index contributed by atoms with van der Waals surface area (Å²) >= 11 is 0. The minimum atomic E-state index is -0.102. The van der Waals surface area contributed by atoms with E-state index in [1.165, 1.54) is 0 Å². The summed E-state index contributed by atoms with van der Waals surface area (Å²) in [6.07, 6.45) is 1.84. The Balaban J connectivity index is 2.20. The first-order valence-electron chi connectivity index (χ1n) is 6.59. The number of aromatic nitrogens is 2. The average Bonchev–Trinajstić information content (AvgIpc) is 2.72. The van der Waals surface area contributed by atoms with Crippen molar-refractivity contribution >= 4 is 0 Å². The van der Waals surface area contributed by atoms with Crippen LogP contribution in [0.1, 0.15) is 29.9 Å². The number of hydrogen-bond donors (Lipinski definition) is 1. The van der Waals surface area contributed by atoms with Crippen LogP contribution in [0, 0.1) is 13.8 Å².